The zero-order chi connectivity index (χ0) is 31.0. The number of aryl methyl sites for hydroxylation is 2. The molecule has 5 aromatic rings. The fourth-order valence-corrected chi connectivity index (χ4v) is 7.68. The van der Waals surface area contributed by atoms with Crippen LogP contribution in [0.4, 0.5) is 11.5 Å². The molecule has 8 rings (SSSR count). The van der Waals surface area contributed by atoms with Crippen molar-refractivity contribution in [1.82, 2.24) is 24.2 Å². The minimum Gasteiger partial charge on any atom is -0.372 e. The standard InChI is InChI=1S/C38H41N7O/c1-27(40-37-35(41-34-26-39-18-21-45(34)37)30-14-16-31(17-15-30)42-19-6-7-20-42)38(46)44-24-22-43(23-25-44)36-32-10-4-2-8-28(32)12-13-29-9-3-5-11-33(29)36/h2-5,8-11,14-18,21,26-27,36,40H,6-7,12-13,19-20,22-25H2,1H3. The maximum absolute atomic E-state index is 13.9. The molecular formula is C38H41N7O. The molecule has 0 spiro atoms. The summed E-state index contributed by atoms with van der Waals surface area (Å²) in [6, 6.07) is 26.3. The number of aromatic nitrogens is 3. The van der Waals surface area contributed by atoms with Crippen molar-refractivity contribution in [2.75, 3.05) is 49.5 Å². The van der Waals surface area contributed by atoms with Crippen molar-refractivity contribution in [3.05, 3.63) is 114 Å². The molecule has 1 unspecified atom stereocenters. The third-order valence-corrected chi connectivity index (χ3v) is 10.1. The van der Waals surface area contributed by atoms with Crippen LogP contribution in [0.15, 0.2) is 91.4 Å². The quantitative estimate of drug-likeness (QED) is 0.261. The molecule has 0 radical (unpaired) electrons. The van der Waals surface area contributed by atoms with Crippen molar-refractivity contribution in [3.8, 4) is 11.3 Å². The highest BCUT2D eigenvalue weighted by Crippen LogP contribution is 2.37. The number of imidazole rings is 1. The van der Waals surface area contributed by atoms with Gasteiger partial charge in [-0.05, 0) is 67.0 Å². The molecule has 1 aliphatic carbocycles. The SMILES string of the molecule is CC(Nc1c(-c2ccc(N3CCCC3)cc2)nc2cnccn12)C(=O)N1CCN(C2c3ccccc3CCc3ccccc32)CC1. The first-order valence-corrected chi connectivity index (χ1v) is 16.8. The number of nitrogens with zero attached hydrogens (tertiary/aromatic N) is 6. The fraction of sp³-hybridized carbons (Fsp3) is 0.342. The third-order valence-electron chi connectivity index (χ3n) is 10.1. The van der Waals surface area contributed by atoms with Crippen LogP contribution in [-0.4, -0.2) is 75.4 Å². The molecule has 2 fully saturated rings. The van der Waals surface area contributed by atoms with Gasteiger partial charge >= 0.3 is 0 Å². The molecule has 1 atom stereocenters. The van der Waals surface area contributed by atoms with Gasteiger partial charge in [-0.2, -0.15) is 0 Å². The molecular weight excluding hydrogens is 570 g/mol. The summed E-state index contributed by atoms with van der Waals surface area (Å²) in [5.74, 6) is 0.929. The van der Waals surface area contributed by atoms with E-state index in [-0.39, 0.29) is 11.9 Å². The second-order valence-electron chi connectivity index (χ2n) is 12.9. The molecule has 234 valence electrons. The molecule has 3 aliphatic rings. The normalized spacial score (nSPS) is 17.8. The predicted octanol–water partition coefficient (Wildman–Crippen LogP) is 5.83. The second-order valence-corrected chi connectivity index (χ2v) is 12.9. The van der Waals surface area contributed by atoms with Crippen molar-refractivity contribution >= 4 is 23.1 Å². The zero-order valence-corrected chi connectivity index (χ0v) is 26.5. The van der Waals surface area contributed by atoms with Gasteiger partial charge in [0, 0.05) is 62.9 Å². The highest BCUT2D eigenvalue weighted by molar-refractivity contribution is 5.86. The van der Waals surface area contributed by atoms with Gasteiger partial charge in [0.05, 0.1) is 12.2 Å². The largest absolute Gasteiger partial charge is 0.372 e. The van der Waals surface area contributed by atoms with Crippen LogP contribution in [0, 0.1) is 0 Å². The topological polar surface area (TPSA) is 69.0 Å². The Bertz CT molecular complexity index is 1800. The minimum absolute atomic E-state index is 0.112. The summed E-state index contributed by atoms with van der Waals surface area (Å²) in [7, 11) is 0. The Balaban J connectivity index is 1.00. The van der Waals surface area contributed by atoms with Crippen LogP contribution in [0.3, 0.4) is 0 Å². The van der Waals surface area contributed by atoms with E-state index in [1.54, 1.807) is 12.4 Å². The lowest BCUT2D eigenvalue weighted by atomic mass is 9.92. The van der Waals surface area contributed by atoms with Crippen molar-refractivity contribution in [2.24, 2.45) is 0 Å². The number of benzene rings is 3. The maximum atomic E-state index is 13.9. The van der Waals surface area contributed by atoms with E-state index < -0.39 is 6.04 Å². The van der Waals surface area contributed by atoms with Gasteiger partial charge in [-0.15, -0.1) is 0 Å². The van der Waals surface area contributed by atoms with Gasteiger partial charge in [0.2, 0.25) is 5.91 Å². The highest BCUT2D eigenvalue weighted by Gasteiger charge is 2.33. The van der Waals surface area contributed by atoms with Crippen LogP contribution in [0.5, 0.6) is 0 Å². The molecule has 1 N–H and O–H groups in total. The van der Waals surface area contributed by atoms with Crippen molar-refractivity contribution in [1.29, 1.82) is 0 Å². The van der Waals surface area contributed by atoms with E-state index >= 15 is 0 Å². The average molecular weight is 612 g/mol. The molecule has 8 heteroatoms. The van der Waals surface area contributed by atoms with Crippen LogP contribution in [0.1, 0.15) is 48.1 Å². The number of fused-ring (bicyclic) bond motifs is 3. The van der Waals surface area contributed by atoms with Crippen LogP contribution >= 0.6 is 0 Å². The maximum Gasteiger partial charge on any atom is 0.244 e. The number of carbonyl (C=O) groups excluding carboxylic acids is 1. The van der Waals surface area contributed by atoms with E-state index in [9.17, 15) is 4.79 Å². The monoisotopic (exact) mass is 611 g/mol. The van der Waals surface area contributed by atoms with Gasteiger partial charge < -0.3 is 15.1 Å². The Labute approximate surface area is 270 Å². The van der Waals surface area contributed by atoms with E-state index in [2.05, 4.69) is 92.9 Å². The molecule has 3 aromatic carbocycles. The van der Waals surface area contributed by atoms with E-state index in [1.807, 2.05) is 22.4 Å². The molecule has 0 bridgehead atoms. The Hall–Kier alpha value is -4.69. The first-order chi connectivity index (χ1) is 22.6. The lowest BCUT2D eigenvalue weighted by molar-refractivity contribution is -0.133. The summed E-state index contributed by atoms with van der Waals surface area (Å²) < 4.78 is 2.00. The Morgan fingerprint density at radius 3 is 2.15 bits per heavy atom. The van der Waals surface area contributed by atoms with E-state index in [0.717, 1.165) is 61.7 Å². The van der Waals surface area contributed by atoms with Crippen LogP contribution < -0.4 is 10.2 Å². The van der Waals surface area contributed by atoms with E-state index in [1.165, 1.54) is 40.8 Å². The fourth-order valence-electron chi connectivity index (χ4n) is 7.68. The number of carbonyl (C=O) groups is 1. The van der Waals surface area contributed by atoms with Crippen molar-refractivity contribution < 1.29 is 4.79 Å². The summed E-state index contributed by atoms with van der Waals surface area (Å²) in [5.41, 5.74) is 9.54. The lowest BCUT2D eigenvalue weighted by Crippen LogP contribution is -2.53. The molecule has 1 amide bonds. The second kappa shape index (κ2) is 12.2. The average Bonchev–Trinajstić information content (AvgIpc) is 3.74. The summed E-state index contributed by atoms with van der Waals surface area (Å²) in [5, 5.41) is 3.57. The molecule has 0 saturated carbocycles. The van der Waals surface area contributed by atoms with E-state index in [4.69, 9.17) is 4.98 Å². The smallest absolute Gasteiger partial charge is 0.244 e. The predicted molar refractivity (Wildman–Crippen MR) is 183 cm³/mol. The lowest BCUT2D eigenvalue weighted by Gasteiger charge is -2.41. The highest BCUT2D eigenvalue weighted by atomic mass is 16.2. The van der Waals surface area contributed by atoms with Crippen LogP contribution in [-0.2, 0) is 17.6 Å². The Morgan fingerprint density at radius 2 is 1.48 bits per heavy atom. The molecule has 4 heterocycles. The summed E-state index contributed by atoms with van der Waals surface area (Å²) in [6.45, 7) is 7.26. The minimum atomic E-state index is -0.415. The number of hydrogen-bond donors (Lipinski definition) is 1. The van der Waals surface area contributed by atoms with Gasteiger partial charge in [-0.25, -0.2) is 4.98 Å². The van der Waals surface area contributed by atoms with Crippen molar-refractivity contribution in [3.63, 3.8) is 0 Å². The zero-order valence-electron chi connectivity index (χ0n) is 26.5. The number of hydrogen-bond acceptors (Lipinski definition) is 6. The summed E-state index contributed by atoms with van der Waals surface area (Å²) in [6.07, 6.45) is 10.1. The van der Waals surface area contributed by atoms with E-state index in [0.29, 0.717) is 13.1 Å². The van der Waals surface area contributed by atoms with Gasteiger partial charge in [0.15, 0.2) is 5.65 Å². The van der Waals surface area contributed by atoms with Crippen LogP contribution in [0.2, 0.25) is 0 Å². The summed E-state index contributed by atoms with van der Waals surface area (Å²) >= 11 is 0. The van der Waals surface area contributed by atoms with Gasteiger partial charge in [0.25, 0.3) is 0 Å². The number of anilines is 2. The molecule has 2 saturated heterocycles. The number of piperazine rings is 1. The molecule has 8 nitrogen and oxygen atoms in total. The van der Waals surface area contributed by atoms with Gasteiger partial charge in [-0.3, -0.25) is 19.1 Å². The Morgan fingerprint density at radius 1 is 0.826 bits per heavy atom. The van der Waals surface area contributed by atoms with Gasteiger partial charge in [-0.1, -0.05) is 60.7 Å². The molecule has 2 aromatic heterocycles. The van der Waals surface area contributed by atoms with Crippen molar-refractivity contribution in [2.45, 2.75) is 44.7 Å². The van der Waals surface area contributed by atoms with Gasteiger partial charge in [0.1, 0.15) is 17.6 Å². The number of nitrogens with one attached hydrogen (secondary N) is 1. The summed E-state index contributed by atoms with van der Waals surface area (Å²) in [4.78, 5) is 30.2. The molecule has 2 aliphatic heterocycles. The Kier molecular flexibility index (Phi) is 7.66. The first kappa shape index (κ1) is 28.8. The van der Waals surface area contributed by atoms with Crippen LogP contribution in [0.25, 0.3) is 16.9 Å². The number of rotatable bonds is 6. The first-order valence-electron chi connectivity index (χ1n) is 16.8. The third kappa shape index (κ3) is 5.30. The number of amides is 1. The molecule has 46 heavy (non-hydrogen) atoms.